The maximum absolute atomic E-state index is 13.9. The van der Waals surface area contributed by atoms with E-state index in [0.29, 0.717) is 12.8 Å². The van der Waals surface area contributed by atoms with E-state index in [4.69, 9.17) is 4.74 Å². The van der Waals surface area contributed by atoms with Gasteiger partial charge in [0.05, 0.1) is 18.2 Å². The van der Waals surface area contributed by atoms with Gasteiger partial charge in [0, 0.05) is 32.0 Å². The van der Waals surface area contributed by atoms with Gasteiger partial charge < -0.3 is 24.6 Å². The van der Waals surface area contributed by atoms with E-state index in [1.165, 1.54) is 17.9 Å². The van der Waals surface area contributed by atoms with Crippen molar-refractivity contribution in [1.29, 1.82) is 0 Å². The van der Waals surface area contributed by atoms with Crippen LogP contribution >= 0.6 is 0 Å². The molecule has 4 rings (SSSR count). The lowest BCUT2D eigenvalue weighted by Gasteiger charge is -2.43. The van der Waals surface area contributed by atoms with Crippen molar-refractivity contribution in [2.75, 3.05) is 20.3 Å². The number of halogens is 3. The number of rotatable bonds is 6. The smallest absolute Gasteiger partial charge is 0.275 e. The maximum atomic E-state index is 13.9. The van der Waals surface area contributed by atoms with Crippen molar-refractivity contribution in [2.24, 2.45) is 0 Å². The monoisotopic (exact) mass is 465 g/mol. The quantitative estimate of drug-likeness (QED) is 0.637. The van der Waals surface area contributed by atoms with Crippen LogP contribution in [0.25, 0.3) is 0 Å². The second-order valence-corrected chi connectivity index (χ2v) is 8.22. The lowest BCUT2D eigenvalue weighted by Crippen LogP contribution is -2.54. The summed E-state index contributed by atoms with van der Waals surface area (Å²) < 4.78 is 46.9. The summed E-state index contributed by atoms with van der Waals surface area (Å²) in [5.74, 6) is -6.85. The van der Waals surface area contributed by atoms with Crippen molar-refractivity contribution in [2.45, 2.75) is 37.9 Å². The van der Waals surface area contributed by atoms with Gasteiger partial charge in [0.2, 0.25) is 5.43 Å². The highest BCUT2D eigenvalue weighted by atomic mass is 19.2. The highest BCUT2D eigenvalue weighted by Gasteiger charge is 2.58. The first-order valence-corrected chi connectivity index (χ1v) is 10.3. The van der Waals surface area contributed by atoms with Gasteiger partial charge >= 0.3 is 0 Å². The number of nitrogens with one attached hydrogen (secondary N) is 1. The highest BCUT2D eigenvalue weighted by Crippen LogP contribution is 2.53. The first-order valence-electron chi connectivity index (χ1n) is 10.3. The van der Waals surface area contributed by atoms with E-state index in [1.54, 1.807) is 4.90 Å². The third kappa shape index (κ3) is 3.56. The molecular weight excluding hydrogens is 443 g/mol. The third-order valence-electron chi connectivity index (χ3n) is 6.47. The van der Waals surface area contributed by atoms with Crippen LogP contribution in [0.15, 0.2) is 23.1 Å². The van der Waals surface area contributed by atoms with E-state index in [-0.39, 0.29) is 30.5 Å². The maximum Gasteiger partial charge on any atom is 0.275 e. The van der Waals surface area contributed by atoms with Gasteiger partial charge in [0.1, 0.15) is 5.56 Å². The summed E-state index contributed by atoms with van der Waals surface area (Å²) in [6.45, 7) is 1.87. The van der Waals surface area contributed by atoms with Crippen molar-refractivity contribution in [3.8, 4) is 5.75 Å². The Labute approximate surface area is 186 Å². The molecule has 1 spiro atoms. The molecule has 0 unspecified atom stereocenters. The molecule has 0 bridgehead atoms. The Balaban J connectivity index is 1.66. The molecule has 8 nitrogen and oxygen atoms in total. The number of aromatic nitrogens is 1. The van der Waals surface area contributed by atoms with Crippen molar-refractivity contribution in [1.82, 2.24) is 14.8 Å². The van der Waals surface area contributed by atoms with Crippen LogP contribution in [0.5, 0.6) is 5.75 Å². The standard InChI is InChI=1S/C22H22F3N3O5/c1-11-22(5-6-22)28(7-8-33-2)21(32)17-19(30)18(29)13(10-27(11)17)20(31)26-9-12-3-4-14(23)16(25)15(12)24/h3-4,10-11,30H,5-9H2,1-2H3,(H,26,31)/t11-/m0/s1. The number of benzene rings is 1. The molecule has 2 aromatic rings. The number of methoxy groups -OCH3 is 1. The first-order chi connectivity index (χ1) is 15.6. The van der Waals surface area contributed by atoms with Gasteiger partial charge in [-0.2, -0.15) is 0 Å². The minimum absolute atomic E-state index is 0.218. The molecule has 33 heavy (non-hydrogen) atoms. The summed E-state index contributed by atoms with van der Waals surface area (Å²) in [6, 6.07) is 1.35. The molecule has 2 heterocycles. The van der Waals surface area contributed by atoms with Crippen LogP contribution in [0.4, 0.5) is 13.2 Å². The number of fused-ring (bicyclic) bond motifs is 1. The Morgan fingerprint density at radius 3 is 2.58 bits per heavy atom. The number of aromatic hydroxyl groups is 1. The van der Waals surface area contributed by atoms with Crippen LogP contribution in [-0.4, -0.2) is 52.2 Å². The average Bonchev–Trinajstić information content (AvgIpc) is 3.58. The van der Waals surface area contributed by atoms with Crippen molar-refractivity contribution in [3.63, 3.8) is 0 Å². The minimum atomic E-state index is -1.67. The van der Waals surface area contributed by atoms with Crippen LogP contribution in [0.3, 0.4) is 0 Å². The number of amides is 2. The molecule has 0 radical (unpaired) electrons. The van der Waals surface area contributed by atoms with Crippen LogP contribution in [0.2, 0.25) is 0 Å². The molecule has 1 aromatic carbocycles. The second-order valence-electron chi connectivity index (χ2n) is 8.22. The number of nitrogens with zero attached hydrogens (tertiary/aromatic N) is 2. The molecule has 1 aliphatic carbocycles. The zero-order chi connectivity index (χ0) is 24.1. The van der Waals surface area contributed by atoms with Crippen LogP contribution in [0.1, 0.15) is 52.2 Å². The zero-order valence-electron chi connectivity index (χ0n) is 18.0. The summed E-state index contributed by atoms with van der Waals surface area (Å²) in [5.41, 5.74) is -2.57. The summed E-state index contributed by atoms with van der Waals surface area (Å²) in [5, 5.41) is 12.8. The van der Waals surface area contributed by atoms with E-state index in [1.807, 2.05) is 6.92 Å². The number of carbonyl (C=O) groups is 2. The van der Waals surface area contributed by atoms with Gasteiger partial charge in [-0.3, -0.25) is 14.4 Å². The van der Waals surface area contributed by atoms with Crippen molar-refractivity contribution >= 4 is 11.8 Å². The number of ether oxygens (including phenoxy) is 1. The van der Waals surface area contributed by atoms with Gasteiger partial charge in [-0.05, 0) is 25.8 Å². The van der Waals surface area contributed by atoms with Gasteiger partial charge in [0.25, 0.3) is 11.8 Å². The van der Waals surface area contributed by atoms with E-state index >= 15 is 0 Å². The number of hydrogen-bond acceptors (Lipinski definition) is 5. The lowest BCUT2D eigenvalue weighted by atomic mass is 9.98. The number of pyridine rings is 1. The Kier molecular flexibility index (Phi) is 5.69. The molecule has 2 amide bonds. The molecule has 2 N–H and O–H groups in total. The van der Waals surface area contributed by atoms with Gasteiger partial charge in [-0.1, -0.05) is 6.07 Å². The molecule has 1 fully saturated rings. The van der Waals surface area contributed by atoms with Crippen molar-refractivity contribution in [3.05, 3.63) is 62.8 Å². The topological polar surface area (TPSA) is 101 Å². The van der Waals surface area contributed by atoms with E-state index in [0.717, 1.165) is 12.1 Å². The van der Waals surface area contributed by atoms with Crippen LogP contribution in [0, 0.1) is 17.5 Å². The molecule has 1 aliphatic heterocycles. The van der Waals surface area contributed by atoms with Gasteiger partial charge in [-0.25, -0.2) is 13.2 Å². The van der Waals surface area contributed by atoms with Crippen molar-refractivity contribution < 1.29 is 32.6 Å². The van der Waals surface area contributed by atoms with Gasteiger partial charge in [0.15, 0.2) is 28.9 Å². The largest absolute Gasteiger partial charge is 0.503 e. The molecule has 0 saturated heterocycles. The summed E-state index contributed by atoms with van der Waals surface area (Å²) >= 11 is 0. The molecule has 1 aromatic heterocycles. The molecule has 176 valence electrons. The molecule has 2 aliphatic rings. The summed E-state index contributed by atoms with van der Waals surface area (Å²) in [4.78, 5) is 40.1. The fraction of sp³-hybridized carbons (Fsp3) is 0.409. The number of carbonyl (C=O) groups excluding carboxylic acids is 2. The summed E-state index contributed by atoms with van der Waals surface area (Å²) in [7, 11) is 1.50. The molecular formula is C22H22F3N3O5. The predicted octanol–water partition coefficient (Wildman–Crippen LogP) is 2.10. The average molecular weight is 465 g/mol. The van der Waals surface area contributed by atoms with Crippen LogP contribution < -0.4 is 10.7 Å². The zero-order valence-corrected chi connectivity index (χ0v) is 18.0. The summed E-state index contributed by atoms with van der Waals surface area (Å²) in [6.07, 6.45) is 2.63. The Bertz CT molecular complexity index is 1210. The minimum Gasteiger partial charge on any atom is -0.503 e. The van der Waals surface area contributed by atoms with E-state index in [2.05, 4.69) is 5.32 Å². The Morgan fingerprint density at radius 1 is 1.24 bits per heavy atom. The molecule has 1 saturated carbocycles. The van der Waals surface area contributed by atoms with Gasteiger partial charge in [-0.15, -0.1) is 0 Å². The second kappa shape index (κ2) is 8.22. The highest BCUT2D eigenvalue weighted by molar-refractivity contribution is 5.99. The Morgan fingerprint density at radius 2 is 1.94 bits per heavy atom. The SMILES string of the molecule is COCCN1C(=O)c2c(O)c(=O)c(C(=O)NCc3ccc(F)c(F)c3F)cn2[C@@H](C)C12CC2. The molecule has 1 atom stereocenters. The number of hydrogen-bond donors (Lipinski definition) is 2. The lowest BCUT2D eigenvalue weighted by molar-refractivity contribution is 0.0379. The third-order valence-corrected chi connectivity index (χ3v) is 6.47. The normalized spacial score (nSPS) is 18.4. The van der Waals surface area contributed by atoms with E-state index in [9.17, 15) is 32.7 Å². The first kappa shape index (κ1) is 22.8. The van der Waals surface area contributed by atoms with E-state index < -0.39 is 58.1 Å². The predicted molar refractivity (Wildman–Crippen MR) is 109 cm³/mol. The van der Waals surface area contributed by atoms with Crippen LogP contribution in [-0.2, 0) is 11.3 Å². The fourth-order valence-corrected chi connectivity index (χ4v) is 4.41. The Hall–Kier alpha value is -3.34. The molecule has 11 heteroatoms. The fourth-order valence-electron chi connectivity index (χ4n) is 4.41.